The number of anilines is 1. The highest BCUT2D eigenvalue weighted by Crippen LogP contribution is 2.13. The molecule has 8 heteroatoms. The molecule has 3 rings (SSSR count). The summed E-state index contributed by atoms with van der Waals surface area (Å²) in [6.45, 7) is 2.60. The topological polar surface area (TPSA) is 102 Å². The lowest BCUT2D eigenvalue weighted by Gasteiger charge is -2.03. The Labute approximate surface area is 143 Å². The van der Waals surface area contributed by atoms with Gasteiger partial charge in [0.25, 0.3) is 5.91 Å². The fourth-order valence-electron chi connectivity index (χ4n) is 2.45. The first-order valence-corrected chi connectivity index (χ1v) is 7.58. The molecule has 2 aromatic heterocycles. The van der Waals surface area contributed by atoms with Gasteiger partial charge in [-0.15, -0.1) is 0 Å². The van der Waals surface area contributed by atoms with Crippen LogP contribution < -0.4 is 5.32 Å². The quantitative estimate of drug-likeness (QED) is 0.739. The average molecular weight is 339 g/mol. The van der Waals surface area contributed by atoms with Crippen LogP contribution in [0.5, 0.6) is 0 Å². The summed E-state index contributed by atoms with van der Waals surface area (Å²) in [5, 5.41) is 19.9. The minimum Gasteiger partial charge on any atom is -0.477 e. The first kappa shape index (κ1) is 16.4. The van der Waals surface area contributed by atoms with Crippen molar-refractivity contribution in [3.8, 4) is 0 Å². The highest BCUT2D eigenvalue weighted by Gasteiger charge is 2.21. The van der Waals surface area contributed by atoms with E-state index in [-0.39, 0.29) is 11.3 Å². The van der Waals surface area contributed by atoms with E-state index >= 15 is 0 Å². The number of aromatic carboxylic acids is 1. The first-order chi connectivity index (χ1) is 11.9. The molecule has 1 aromatic carbocycles. The maximum Gasteiger partial charge on any atom is 0.354 e. The second-order valence-electron chi connectivity index (χ2n) is 5.70. The molecule has 0 unspecified atom stereocenters. The van der Waals surface area contributed by atoms with E-state index in [1.165, 1.54) is 25.0 Å². The van der Waals surface area contributed by atoms with E-state index in [4.69, 9.17) is 0 Å². The highest BCUT2D eigenvalue weighted by atomic mass is 16.4. The van der Waals surface area contributed by atoms with Crippen LogP contribution in [0.4, 0.5) is 5.69 Å². The van der Waals surface area contributed by atoms with Gasteiger partial charge in [-0.3, -0.25) is 14.2 Å². The molecule has 0 fully saturated rings. The van der Waals surface area contributed by atoms with Gasteiger partial charge in [-0.25, -0.2) is 4.79 Å². The maximum absolute atomic E-state index is 12.3. The van der Waals surface area contributed by atoms with E-state index in [1.54, 1.807) is 10.9 Å². The summed E-state index contributed by atoms with van der Waals surface area (Å²) in [7, 11) is 1.47. The fraction of sp³-hybridized carbons (Fsp3) is 0.176. The van der Waals surface area contributed by atoms with Gasteiger partial charge >= 0.3 is 5.97 Å². The second-order valence-corrected chi connectivity index (χ2v) is 5.70. The summed E-state index contributed by atoms with van der Waals surface area (Å²) >= 11 is 0. The number of benzene rings is 1. The number of carboxylic acid groups (broad SMARTS) is 1. The maximum atomic E-state index is 12.3. The summed E-state index contributed by atoms with van der Waals surface area (Å²) in [6, 6.07) is 8.09. The molecule has 0 saturated heterocycles. The number of nitrogens with zero attached hydrogens (tertiary/aromatic N) is 4. The van der Waals surface area contributed by atoms with Crippen LogP contribution in [-0.2, 0) is 13.6 Å². The van der Waals surface area contributed by atoms with E-state index in [0.717, 1.165) is 10.2 Å². The van der Waals surface area contributed by atoms with E-state index in [1.807, 2.05) is 31.2 Å². The van der Waals surface area contributed by atoms with Gasteiger partial charge in [-0.2, -0.15) is 10.2 Å². The third-order valence-corrected chi connectivity index (χ3v) is 3.74. The fourth-order valence-corrected chi connectivity index (χ4v) is 2.45. The predicted octanol–water partition coefficient (Wildman–Crippen LogP) is 1.92. The molecule has 2 heterocycles. The molecule has 2 N–H and O–H groups in total. The van der Waals surface area contributed by atoms with Crippen LogP contribution >= 0.6 is 0 Å². The molecule has 3 aromatic rings. The Kier molecular flexibility index (Phi) is 4.34. The molecule has 128 valence electrons. The number of amides is 1. The summed E-state index contributed by atoms with van der Waals surface area (Å²) in [5.74, 6) is -1.75. The van der Waals surface area contributed by atoms with E-state index in [9.17, 15) is 14.7 Å². The van der Waals surface area contributed by atoms with E-state index in [2.05, 4.69) is 15.5 Å². The Bertz CT molecular complexity index is 924. The molecule has 0 aliphatic rings. The molecule has 0 radical (unpaired) electrons. The van der Waals surface area contributed by atoms with Crippen molar-refractivity contribution in [2.75, 3.05) is 5.32 Å². The number of carboxylic acids is 1. The van der Waals surface area contributed by atoms with Gasteiger partial charge < -0.3 is 10.4 Å². The van der Waals surface area contributed by atoms with E-state index < -0.39 is 11.9 Å². The summed E-state index contributed by atoms with van der Waals surface area (Å²) in [4.78, 5) is 23.5. The van der Waals surface area contributed by atoms with Crippen molar-refractivity contribution in [3.05, 3.63) is 65.2 Å². The van der Waals surface area contributed by atoms with Crippen molar-refractivity contribution < 1.29 is 14.7 Å². The third-order valence-electron chi connectivity index (χ3n) is 3.74. The molecular formula is C17H17N5O3. The van der Waals surface area contributed by atoms with Gasteiger partial charge in [0, 0.05) is 13.2 Å². The molecular weight excluding hydrogens is 322 g/mol. The zero-order valence-corrected chi connectivity index (χ0v) is 13.8. The monoisotopic (exact) mass is 339 g/mol. The van der Waals surface area contributed by atoms with Crippen LogP contribution in [0.25, 0.3) is 0 Å². The summed E-state index contributed by atoms with van der Waals surface area (Å²) < 4.78 is 2.85. The van der Waals surface area contributed by atoms with Gasteiger partial charge in [0.05, 0.1) is 30.2 Å². The predicted molar refractivity (Wildman–Crippen MR) is 90.6 cm³/mol. The van der Waals surface area contributed by atoms with Crippen LogP contribution in [0.1, 0.15) is 32.0 Å². The Morgan fingerprint density at radius 3 is 2.56 bits per heavy atom. The minimum atomic E-state index is -1.21. The number of carbonyl (C=O) groups excluding carboxylic acids is 1. The molecule has 0 bridgehead atoms. The molecule has 0 aliphatic carbocycles. The Morgan fingerprint density at radius 1 is 1.16 bits per heavy atom. The number of hydrogen-bond donors (Lipinski definition) is 2. The molecule has 0 saturated carbocycles. The van der Waals surface area contributed by atoms with Crippen molar-refractivity contribution >= 4 is 17.6 Å². The molecule has 8 nitrogen and oxygen atoms in total. The number of rotatable bonds is 5. The molecule has 1 amide bonds. The number of carbonyl (C=O) groups is 2. The smallest absolute Gasteiger partial charge is 0.354 e. The van der Waals surface area contributed by atoms with Crippen LogP contribution in [0.15, 0.2) is 42.9 Å². The molecule has 25 heavy (non-hydrogen) atoms. The number of aromatic nitrogens is 4. The Balaban J connectivity index is 1.72. The summed E-state index contributed by atoms with van der Waals surface area (Å²) in [6.07, 6.45) is 4.44. The van der Waals surface area contributed by atoms with Gasteiger partial charge in [0.15, 0.2) is 5.69 Å². The third kappa shape index (κ3) is 3.57. The first-order valence-electron chi connectivity index (χ1n) is 7.58. The minimum absolute atomic E-state index is 0.00119. The second kappa shape index (κ2) is 6.60. The molecule has 0 atom stereocenters. The van der Waals surface area contributed by atoms with E-state index in [0.29, 0.717) is 12.2 Å². The van der Waals surface area contributed by atoms with Gasteiger partial charge in [-0.1, -0.05) is 29.8 Å². The van der Waals surface area contributed by atoms with Crippen LogP contribution in [-0.4, -0.2) is 36.5 Å². The largest absolute Gasteiger partial charge is 0.477 e. The van der Waals surface area contributed by atoms with Gasteiger partial charge in [0.1, 0.15) is 0 Å². The highest BCUT2D eigenvalue weighted by molar-refractivity contribution is 6.09. The summed E-state index contributed by atoms with van der Waals surface area (Å²) in [5.41, 5.74) is 2.60. The number of hydrogen-bond acceptors (Lipinski definition) is 4. The van der Waals surface area contributed by atoms with Crippen LogP contribution in [0, 0.1) is 6.92 Å². The lowest BCUT2D eigenvalue weighted by molar-refractivity contribution is 0.0680. The van der Waals surface area contributed by atoms with Crippen LogP contribution in [0.3, 0.4) is 0 Å². The standard InChI is InChI=1S/C17H17N5O3/c1-11-3-5-12(6-4-11)9-22-10-13(7-19-22)20-16(23)14-8-18-21(2)15(14)17(24)25/h3-8,10H,9H2,1-2H3,(H,20,23)(H,24,25). The van der Waals surface area contributed by atoms with Crippen molar-refractivity contribution in [2.24, 2.45) is 7.05 Å². The normalized spacial score (nSPS) is 10.6. The van der Waals surface area contributed by atoms with Crippen molar-refractivity contribution in [3.63, 3.8) is 0 Å². The van der Waals surface area contributed by atoms with Crippen LogP contribution in [0.2, 0.25) is 0 Å². The van der Waals surface area contributed by atoms with Crippen molar-refractivity contribution in [1.82, 2.24) is 19.6 Å². The zero-order valence-electron chi connectivity index (χ0n) is 13.8. The van der Waals surface area contributed by atoms with Crippen molar-refractivity contribution in [2.45, 2.75) is 13.5 Å². The van der Waals surface area contributed by atoms with Crippen molar-refractivity contribution in [1.29, 1.82) is 0 Å². The molecule has 0 spiro atoms. The zero-order chi connectivity index (χ0) is 18.0. The SMILES string of the molecule is Cc1ccc(Cn2cc(NC(=O)c3cnn(C)c3C(=O)O)cn2)cc1. The van der Waals surface area contributed by atoms with Gasteiger partial charge in [-0.05, 0) is 12.5 Å². The van der Waals surface area contributed by atoms with Gasteiger partial charge in [0.2, 0.25) is 0 Å². The Morgan fingerprint density at radius 2 is 1.88 bits per heavy atom. The number of nitrogens with one attached hydrogen (secondary N) is 1. The lowest BCUT2D eigenvalue weighted by Crippen LogP contribution is -2.16. The molecule has 0 aliphatic heterocycles. The Hall–Kier alpha value is -3.42. The lowest BCUT2D eigenvalue weighted by atomic mass is 10.1. The average Bonchev–Trinajstić information content (AvgIpc) is 3.16. The number of aryl methyl sites for hydroxylation is 2.